The van der Waals surface area contributed by atoms with E-state index in [1.54, 1.807) is 19.9 Å². The molecule has 27 heavy (non-hydrogen) atoms. The smallest absolute Gasteiger partial charge is 0.243 e. The Hall–Kier alpha value is -1.35. The Morgan fingerprint density at radius 3 is 2.41 bits per heavy atom. The Morgan fingerprint density at radius 2 is 1.85 bits per heavy atom. The molecule has 0 unspecified atom stereocenters. The molecule has 0 spiro atoms. The number of nitrogens with one attached hydrogen (secondary N) is 2. The van der Waals surface area contributed by atoms with Crippen molar-refractivity contribution >= 4 is 34.0 Å². The van der Waals surface area contributed by atoms with E-state index >= 15 is 0 Å². The van der Waals surface area contributed by atoms with Crippen molar-refractivity contribution in [3.63, 3.8) is 0 Å². The maximum absolute atomic E-state index is 12.8. The molecular weight excluding hydrogens is 390 g/mol. The molecule has 1 aromatic carbocycles. The highest BCUT2D eigenvalue weighted by Crippen LogP contribution is 2.30. The van der Waals surface area contributed by atoms with Crippen LogP contribution in [-0.2, 0) is 14.8 Å². The number of hydrogen-bond donors (Lipinski definition) is 2. The summed E-state index contributed by atoms with van der Waals surface area (Å²) in [4.78, 5) is 12.7. The van der Waals surface area contributed by atoms with E-state index in [2.05, 4.69) is 10.6 Å². The Balaban J connectivity index is 0.00000364. The van der Waals surface area contributed by atoms with Gasteiger partial charge in [-0.05, 0) is 51.1 Å². The lowest BCUT2D eigenvalue weighted by Crippen LogP contribution is -2.34. The van der Waals surface area contributed by atoms with Crippen LogP contribution in [0.15, 0.2) is 23.1 Å². The summed E-state index contributed by atoms with van der Waals surface area (Å²) < 4.78 is 32.5. The van der Waals surface area contributed by atoms with Gasteiger partial charge < -0.3 is 15.4 Å². The standard InChI is InChI=1S/C18H29N3O4S.ClH/c1-4-21(5-2)26(23,24)15-7-8-17(25-6-3)16(13-15)20-18(22)14-9-11-19-12-10-14;/h7-8,13-14,19H,4-6,9-12H2,1-3H3,(H,20,22);1H. The molecule has 1 aliphatic heterocycles. The van der Waals surface area contributed by atoms with Gasteiger partial charge >= 0.3 is 0 Å². The van der Waals surface area contributed by atoms with Crippen LogP contribution in [0.1, 0.15) is 33.6 Å². The molecule has 0 radical (unpaired) electrons. The molecule has 2 N–H and O–H groups in total. The number of piperidine rings is 1. The van der Waals surface area contributed by atoms with Gasteiger partial charge in [0.15, 0.2) is 0 Å². The van der Waals surface area contributed by atoms with E-state index < -0.39 is 10.0 Å². The zero-order valence-corrected chi connectivity index (χ0v) is 17.8. The monoisotopic (exact) mass is 419 g/mol. The van der Waals surface area contributed by atoms with Crippen LogP contribution in [0.4, 0.5) is 5.69 Å². The van der Waals surface area contributed by atoms with Crippen molar-refractivity contribution in [2.45, 2.75) is 38.5 Å². The zero-order valence-electron chi connectivity index (χ0n) is 16.2. The molecule has 1 amide bonds. The Labute approximate surface area is 168 Å². The van der Waals surface area contributed by atoms with E-state index in [0.717, 1.165) is 25.9 Å². The minimum Gasteiger partial charge on any atom is -0.492 e. The van der Waals surface area contributed by atoms with Gasteiger partial charge in [0, 0.05) is 19.0 Å². The summed E-state index contributed by atoms with van der Waals surface area (Å²) in [6.45, 7) is 8.29. The molecule has 1 heterocycles. The van der Waals surface area contributed by atoms with Gasteiger partial charge in [0.1, 0.15) is 5.75 Å². The van der Waals surface area contributed by atoms with Gasteiger partial charge in [-0.15, -0.1) is 12.4 Å². The van der Waals surface area contributed by atoms with Gasteiger partial charge in [-0.2, -0.15) is 4.31 Å². The Bertz CT molecular complexity index is 717. The lowest BCUT2D eigenvalue weighted by Gasteiger charge is -2.23. The first-order valence-electron chi connectivity index (χ1n) is 9.22. The quantitative estimate of drug-likeness (QED) is 0.675. The van der Waals surface area contributed by atoms with Crippen molar-refractivity contribution in [1.82, 2.24) is 9.62 Å². The van der Waals surface area contributed by atoms with Crippen molar-refractivity contribution in [1.29, 1.82) is 0 Å². The van der Waals surface area contributed by atoms with Crippen molar-refractivity contribution in [2.24, 2.45) is 5.92 Å². The van der Waals surface area contributed by atoms with Crippen LogP contribution in [0.2, 0.25) is 0 Å². The van der Waals surface area contributed by atoms with Crippen LogP contribution in [-0.4, -0.2) is 51.4 Å². The number of hydrogen-bond acceptors (Lipinski definition) is 5. The number of benzene rings is 1. The van der Waals surface area contributed by atoms with Gasteiger partial charge in [0.05, 0.1) is 17.2 Å². The molecule has 0 bridgehead atoms. The molecule has 1 fully saturated rings. The third-order valence-corrected chi connectivity index (χ3v) is 6.61. The number of anilines is 1. The predicted octanol–water partition coefficient (Wildman–Crippen LogP) is 2.48. The first-order valence-corrected chi connectivity index (χ1v) is 10.7. The summed E-state index contributed by atoms with van der Waals surface area (Å²) in [5, 5.41) is 6.11. The van der Waals surface area contributed by atoms with Crippen LogP contribution in [0.3, 0.4) is 0 Å². The highest BCUT2D eigenvalue weighted by atomic mass is 35.5. The van der Waals surface area contributed by atoms with Crippen LogP contribution in [0.25, 0.3) is 0 Å². The average molecular weight is 420 g/mol. The number of rotatable bonds is 8. The number of carbonyl (C=O) groups excluding carboxylic acids is 1. The number of amides is 1. The van der Waals surface area contributed by atoms with E-state index in [1.807, 2.05) is 6.92 Å². The number of nitrogens with zero attached hydrogens (tertiary/aromatic N) is 1. The molecule has 0 atom stereocenters. The van der Waals surface area contributed by atoms with Crippen molar-refractivity contribution < 1.29 is 17.9 Å². The van der Waals surface area contributed by atoms with Crippen molar-refractivity contribution in [3.05, 3.63) is 18.2 Å². The molecule has 154 valence electrons. The molecule has 7 nitrogen and oxygen atoms in total. The molecule has 0 aliphatic carbocycles. The minimum absolute atomic E-state index is 0. The topological polar surface area (TPSA) is 87.7 Å². The number of ether oxygens (including phenoxy) is 1. The van der Waals surface area contributed by atoms with E-state index in [9.17, 15) is 13.2 Å². The number of carbonyl (C=O) groups is 1. The molecule has 0 saturated carbocycles. The second-order valence-electron chi connectivity index (χ2n) is 6.19. The van der Waals surface area contributed by atoms with Crippen LogP contribution in [0, 0.1) is 5.92 Å². The van der Waals surface area contributed by atoms with E-state index in [1.165, 1.54) is 16.4 Å². The minimum atomic E-state index is -3.60. The maximum atomic E-state index is 12.8. The molecular formula is C18H30ClN3O4S. The largest absolute Gasteiger partial charge is 0.492 e. The van der Waals surface area contributed by atoms with Gasteiger partial charge in [0.25, 0.3) is 0 Å². The van der Waals surface area contributed by atoms with Gasteiger partial charge in [-0.1, -0.05) is 13.8 Å². The predicted molar refractivity (Wildman–Crippen MR) is 109 cm³/mol. The summed E-state index contributed by atoms with van der Waals surface area (Å²) in [6, 6.07) is 4.63. The lowest BCUT2D eigenvalue weighted by molar-refractivity contribution is -0.120. The lowest BCUT2D eigenvalue weighted by atomic mass is 9.97. The molecule has 2 rings (SSSR count). The van der Waals surface area contributed by atoms with Gasteiger partial charge in [0.2, 0.25) is 15.9 Å². The maximum Gasteiger partial charge on any atom is 0.243 e. The first-order chi connectivity index (χ1) is 12.4. The van der Waals surface area contributed by atoms with Gasteiger partial charge in [-0.3, -0.25) is 4.79 Å². The molecule has 1 saturated heterocycles. The molecule has 9 heteroatoms. The molecule has 0 aromatic heterocycles. The first kappa shape index (κ1) is 23.7. The SMILES string of the molecule is CCOc1ccc(S(=O)(=O)N(CC)CC)cc1NC(=O)C1CCNCC1.Cl. The zero-order chi connectivity index (χ0) is 19.2. The van der Waals surface area contributed by atoms with Crippen molar-refractivity contribution in [2.75, 3.05) is 38.1 Å². The highest BCUT2D eigenvalue weighted by Gasteiger charge is 2.25. The number of sulfonamides is 1. The van der Waals surface area contributed by atoms with E-state index in [0.29, 0.717) is 31.1 Å². The Morgan fingerprint density at radius 1 is 1.22 bits per heavy atom. The van der Waals surface area contributed by atoms with Gasteiger partial charge in [-0.25, -0.2) is 8.42 Å². The van der Waals surface area contributed by atoms with E-state index in [-0.39, 0.29) is 29.1 Å². The average Bonchev–Trinajstić information content (AvgIpc) is 2.64. The van der Waals surface area contributed by atoms with Crippen molar-refractivity contribution in [3.8, 4) is 5.75 Å². The molecule has 1 aliphatic rings. The van der Waals surface area contributed by atoms with Crippen LogP contribution >= 0.6 is 12.4 Å². The summed E-state index contributed by atoms with van der Waals surface area (Å²) in [5.41, 5.74) is 0.406. The third-order valence-electron chi connectivity index (χ3n) is 4.56. The van der Waals surface area contributed by atoms with Crippen LogP contribution < -0.4 is 15.4 Å². The fourth-order valence-corrected chi connectivity index (χ4v) is 4.56. The summed E-state index contributed by atoms with van der Waals surface area (Å²) in [6.07, 6.45) is 1.54. The normalized spacial score (nSPS) is 15.3. The third kappa shape index (κ3) is 5.81. The van der Waals surface area contributed by atoms with Crippen LogP contribution in [0.5, 0.6) is 5.75 Å². The van der Waals surface area contributed by atoms with E-state index in [4.69, 9.17) is 4.74 Å². The second kappa shape index (κ2) is 10.8. The highest BCUT2D eigenvalue weighted by molar-refractivity contribution is 7.89. The number of halogens is 1. The second-order valence-corrected chi connectivity index (χ2v) is 8.13. The fraction of sp³-hybridized carbons (Fsp3) is 0.611. The Kier molecular flexibility index (Phi) is 9.52. The fourth-order valence-electron chi connectivity index (χ4n) is 3.08. The summed E-state index contributed by atoms with van der Waals surface area (Å²) in [5.74, 6) is 0.312. The summed E-state index contributed by atoms with van der Waals surface area (Å²) >= 11 is 0. The molecule has 1 aromatic rings. The summed E-state index contributed by atoms with van der Waals surface area (Å²) in [7, 11) is -3.60.